The van der Waals surface area contributed by atoms with Crippen molar-refractivity contribution in [1.82, 2.24) is 4.98 Å². The van der Waals surface area contributed by atoms with Crippen LogP contribution in [0, 0.1) is 0 Å². The summed E-state index contributed by atoms with van der Waals surface area (Å²) in [6.07, 6.45) is -11.8. The van der Waals surface area contributed by atoms with Crippen molar-refractivity contribution in [1.29, 1.82) is 0 Å². The van der Waals surface area contributed by atoms with Crippen molar-refractivity contribution in [2.75, 3.05) is 0 Å². The number of aromatic nitrogens is 1. The van der Waals surface area contributed by atoms with Gasteiger partial charge in [0.1, 0.15) is 0 Å². The number of halogens is 6. The number of rotatable bonds is 4. The van der Waals surface area contributed by atoms with Crippen molar-refractivity contribution in [3.8, 4) is 5.75 Å². The van der Waals surface area contributed by atoms with Crippen molar-refractivity contribution >= 4 is 5.97 Å². The predicted octanol–water partition coefficient (Wildman–Crippen LogP) is 2.08. The number of pyridine rings is 1. The van der Waals surface area contributed by atoms with Crippen LogP contribution >= 0.6 is 0 Å². The van der Waals surface area contributed by atoms with Crippen LogP contribution in [0.5, 0.6) is 5.75 Å². The van der Waals surface area contributed by atoms with E-state index in [1.165, 1.54) is 0 Å². The molecule has 0 saturated carbocycles. The molecule has 0 unspecified atom stereocenters. The van der Waals surface area contributed by atoms with Gasteiger partial charge in [0.15, 0.2) is 11.4 Å². The van der Waals surface area contributed by atoms with Gasteiger partial charge in [0.2, 0.25) is 0 Å². The Morgan fingerprint density at radius 3 is 2.24 bits per heavy atom. The van der Waals surface area contributed by atoms with Gasteiger partial charge in [-0.2, -0.15) is 13.2 Å². The number of nitrogens with two attached hydrogens (primary N) is 1. The molecule has 118 valence electrons. The highest BCUT2D eigenvalue weighted by Gasteiger charge is 2.42. The number of carbonyl (C=O) groups is 1. The zero-order valence-corrected chi connectivity index (χ0v) is 10.0. The second-order valence-corrected chi connectivity index (χ2v) is 3.77. The quantitative estimate of drug-likeness (QED) is 0.830. The molecule has 1 heterocycles. The minimum Gasteiger partial charge on any atom is -0.481 e. The topological polar surface area (TPSA) is 85.4 Å². The molecule has 0 aliphatic carbocycles. The first-order valence-electron chi connectivity index (χ1n) is 5.21. The van der Waals surface area contributed by atoms with E-state index in [2.05, 4.69) is 9.72 Å². The fourth-order valence-corrected chi connectivity index (χ4v) is 1.47. The van der Waals surface area contributed by atoms with Gasteiger partial charge in [-0.15, -0.1) is 13.2 Å². The molecule has 0 spiro atoms. The summed E-state index contributed by atoms with van der Waals surface area (Å²) in [7, 11) is 0. The van der Waals surface area contributed by atoms with Crippen molar-refractivity contribution in [3.05, 3.63) is 23.0 Å². The maximum atomic E-state index is 12.8. The van der Waals surface area contributed by atoms with Gasteiger partial charge in [-0.1, -0.05) is 0 Å². The Balaban J connectivity index is 3.54. The average molecular weight is 318 g/mol. The zero-order chi connectivity index (χ0) is 16.4. The Labute approximate surface area is 113 Å². The van der Waals surface area contributed by atoms with E-state index in [9.17, 15) is 31.1 Å². The number of ether oxygens (including phenoxy) is 1. The maximum Gasteiger partial charge on any atom is 0.573 e. The van der Waals surface area contributed by atoms with E-state index in [0.29, 0.717) is 0 Å². The maximum absolute atomic E-state index is 12.8. The number of hydrogen-bond acceptors (Lipinski definition) is 4. The Hall–Kier alpha value is -2.04. The largest absolute Gasteiger partial charge is 0.573 e. The molecule has 0 amide bonds. The van der Waals surface area contributed by atoms with Crippen LogP contribution in [0.25, 0.3) is 0 Å². The molecular formula is C10H8F6N2O3. The first-order chi connectivity index (χ1) is 9.44. The Morgan fingerprint density at radius 2 is 1.86 bits per heavy atom. The molecule has 0 aliphatic heterocycles. The van der Waals surface area contributed by atoms with Crippen molar-refractivity contribution in [2.45, 2.75) is 25.5 Å². The lowest BCUT2D eigenvalue weighted by Crippen LogP contribution is -2.24. The molecule has 21 heavy (non-hydrogen) atoms. The monoisotopic (exact) mass is 318 g/mol. The van der Waals surface area contributed by atoms with Crippen LogP contribution in [0.2, 0.25) is 0 Å². The van der Waals surface area contributed by atoms with Crippen LogP contribution in [0.4, 0.5) is 26.3 Å². The Kier molecular flexibility index (Phi) is 4.66. The molecular weight excluding hydrogens is 310 g/mol. The molecule has 5 nitrogen and oxygen atoms in total. The molecule has 0 atom stereocenters. The summed E-state index contributed by atoms with van der Waals surface area (Å²) in [5.74, 6) is -3.32. The van der Waals surface area contributed by atoms with E-state index in [1.807, 2.05) is 0 Å². The van der Waals surface area contributed by atoms with E-state index in [1.54, 1.807) is 0 Å². The molecule has 0 aliphatic rings. The molecule has 0 bridgehead atoms. The standard InChI is InChI=1S/C10H8F6N2O3/c11-9(12,13)8-7(21-10(14,15)16)4(2-6(19)20)1-5(3-17)18-8/h1H,2-3,17H2,(H,19,20). The van der Waals surface area contributed by atoms with Gasteiger partial charge in [0.05, 0.1) is 12.1 Å². The van der Waals surface area contributed by atoms with Crippen LogP contribution in [0.15, 0.2) is 6.07 Å². The molecule has 0 saturated heterocycles. The van der Waals surface area contributed by atoms with Gasteiger partial charge in [0, 0.05) is 12.1 Å². The minimum atomic E-state index is -5.43. The Morgan fingerprint density at radius 1 is 1.29 bits per heavy atom. The lowest BCUT2D eigenvalue weighted by atomic mass is 10.1. The lowest BCUT2D eigenvalue weighted by molar-refractivity contribution is -0.276. The first-order valence-corrected chi connectivity index (χ1v) is 5.21. The molecule has 0 fully saturated rings. The van der Waals surface area contributed by atoms with Crippen molar-refractivity contribution in [3.63, 3.8) is 0 Å². The summed E-state index contributed by atoms with van der Waals surface area (Å²) >= 11 is 0. The van der Waals surface area contributed by atoms with Gasteiger partial charge >= 0.3 is 18.5 Å². The van der Waals surface area contributed by atoms with Gasteiger partial charge < -0.3 is 15.6 Å². The normalized spacial score (nSPS) is 12.3. The average Bonchev–Trinajstić information content (AvgIpc) is 2.27. The van der Waals surface area contributed by atoms with Gasteiger partial charge in [-0.05, 0) is 6.07 Å². The number of nitrogens with zero attached hydrogens (tertiary/aromatic N) is 1. The molecule has 0 radical (unpaired) electrons. The van der Waals surface area contributed by atoms with Crippen LogP contribution in [-0.2, 0) is 23.9 Å². The fourth-order valence-electron chi connectivity index (χ4n) is 1.47. The summed E-state index contributed by atoms with van der Waals surface area (Å²) in [4.78, 5) is 13.5. The third kappa shape index (κ3) is 4.77. The van der Waals surface area contributed by atoms with Gasteiger partial charge in [-0.3, -0.25) is 4.79 Å². The summed E-state index contributed by atoms with van der Waals surface area (Å²) in [5.41, 5.74) is 1.90. The molecule has 1 aromatic heterocycles. The first kappa shape index (κ1) is 17.0. The number of carboxylic acid groups (broad SMARTS) is 1. The molecule has 3 N–H and O–H groups in total. The molecule has 1 rings (SSSR count). The molecule has 1 aromatic rings. The Bertz CT molecular complexity index is 541. The number of alkyl halides is 6. The summed E-state index contributed by atoms with van der Waals surface area (Å²) in [6, 6.07) is 0.727. The second kappa shape index (κ2) is 5.76. The van der Waals surface area contributed by atoms with Crippen molar-refractivity contribution < 1.29 is 41.0 Å². The zero-order valence-electron chi connectivity index (χ0n) is 10.0. The van der Waals surface area contributed by atoms with E-state index in [4.69, 9.17) is 10.8 Å². The minimum absolute atomic E-state index is 0.409. The van der Waals surface area contributed by atoms with E-state index in [-0.39, 0.29) is 0 Å². The van der Waals surface area contributed by atoms with Crippen LogP contribution in [-0.4, -0.2) is 22.4 Å². The van der Waals surface area contributed by atoms with Crippen LogP contribution in [0.3, 0.4) is 0 Å². The number of carboxylic acids is 1. The predicted molar refractivity (Wildman–Crippen MR) is 55.2 cm³/mol. The highest BCUT2D eigenvalue weighted by molar-refractivity contribution is 5.71. The summed E-state index contributed by atoms with van der Waals surface area (Å²) < 4.78 is 78.2. The number of hydrogen-bond donors (Lipinski definition) is 2. The summed E-state index contributed by atoms with van der Waals surface area (Å²) in [5, 5.41) is 8.58. The fraction of sp³-hybridized carbons (Fsp3) is 0.400. The SMILES string of the molecule is NCc1cc(CC(=O)O)c(OC(F)(F)F)c(C(F)(F)F)n1. The highest BCUT2D eigenvalue weighted by Crippen LogP contribution is 2.39. The molecule has 11 heteroatoms. The third-order valence-corrected chi connectivity index (χ3v) is 2.14. The summed E-state index contributed by atoms with van der Waals surface area (Å²) in [6.45, 7) is -0.512. The lowest BCUT2D eigenvalue weighted by Gasteiger charge is -2.18. The van der Waals surface area contributed by atoms with E-state index in [0.717, 1.165) is 6.07 Å². The van der Waals surface area contributed by atoms with Crippen LogP contribution < -0.4 is 10.5 Å². The van der Waals surface area contributed by atoms with Gasteiger partial charge in [0.25, 0.3) is 0 Å². The van der Waals surface area contributed by atoms with Crippen LogP contribution in [0.1, 0.15) is 17.0 Å². The number of aliphatic carboxylic acids is 1. The van der Waals surface area contributed by atoms with Gasteiger partial charge in [-0.25, -0.2) is 4.98 Å². The smallest absolute Gasteiger partial charge is 0.481 e. The highest BCUT2D eigenvalue weighted by atomic mass is 19.4. The third-order valence-electron chi connectivity index (χ3n) is 2.14. The van der Waals surface area contributed by atoms with E-state index < -0.39 is 54.2 Å². The van der Waals surface area contributed by atoms with E-state index >= 15 is 0 Å². The van der Waals surface area contributed by atoms with Crippen molar-refractivity contribution in [2.24, 2.45) is 5.73 Å². The molecule has 0 aromatic carbocycles. The second-order valence-electron chi connectivity index (χ2n) is 3.77.